The van der Waals surface area contributed by atoms with Crippen molar-refractivity contribution in [3.05, 3.63) is 12.7 Å². The average Bonchev–Trinajstić information content (AvgIpc) is 2.73. The Hall–Kier alpha value is -0.710. The Morgan fingerprint density at radius 1 is 1.43 bits per heavy atom. The van der Waals surface area contributed by atoms with E-state index in [1.807, 2.05) is 6.92 Å². The summed E-state index contributed by atoms with van der Waals surface area (Å²) < 4.78 is 12.3. The van der Waals surface area contributed by atoms with Crippen molar-refractivity contribution in [2.24, 2.45) is 23.2 Å². The van der Waals surface area contributed by atoms with E-state index in [1.165, 1.54) is 0 Å². The van der Waals surface area contributed by atoms with Gasteiger partial charge in [0.05, 0.1) is 11.7 Å². The van der Waals surface area contributed by atoms with E-state index in [2.05, 4.69) is 20.4 Å². The number of rotatable bonds is 4. The topological polar surface area (TPSA) is 55.8 Å². The molecule has 0 bridgehead atoms. The second-order valence-electron chi connectivity index (χ2n) is 8.13. The molecule has 130 valence electrons. The van der Waals surface area contributed by atoms with E-state index < -0.39 is 6.10 Å². The van der Waals surface area contributed by atoms with Crippen LogP contribution in [0.15, 0.2) is 12.7 Å². The molecule has 0 unspecified atom stereocenters. The molecule has 3 fully saturated rings. The Labute approximate surface area is 139 Å². The van der Waals surface area contributed by atoms with Gasteiger partial charge in [0.25, 0.3) is 0 Å². The van der Waals surface area contributed by atoms with Crippen LogP contribution in [-0.2, 0) is 14.3 Å². The third kappa shape index (κ3) is 2.50. The predicted octanol–water partition coefficient (Wildman–Crippen LogP) is 3.09. The zero-order valence-corrected chi connectivity index (χ0v) is 14.6. The standard InChI is InChI=1S/C19H30O4/c1-5-6-8-13(20)16-12(2)14(21)11-15-18(3,4)23-17-19(15,16)9-7-10-22-17/h5,12,14-17,21H,1,6-11H2,2-4H3/t12-,14-,15-,16+,17-,19+/m0/s1. The molecular weight excluding hydrogens is 292 g/mol. The van der Waals surface area contributed by atoms with Gasteiger partial charge in [-0.3, -0.25) is 4.79 Å². The Balaban J connectivity index is 2.03. The van der Waals surface area contributed by atoms with Crippen molar-refractivity contribution in [3.63, 3.8) is 0 Å². The highest BCUT2D eigenvalue weighted by Gasteiger charge is 2.69. The second-order valence-corrected chi connectivity index (χ2v) is 8.13. The van der Waals surface area contributed by atoms with Crippen molar-refractivity contribution >= 4 is 5.78 Å². The summed E-state index contributed by atoms with van der Waals surface area (Å²) in [6.45, 7) is 10.6. The van der Waals surface area contributed by atoms with Gasteiger partial charge in [-0.05, 0) is 45.4 Å². The van der Waals surface area contributed by atoms with Crippen LogP contribution in [-0.4, -0.2) is 35.5 Å². The number of carbonyl (C=O) groups excluding carboxylic acids is 1. The van der Waals surface area contributed by atoms with E-state index >= 15 is 0 Å². The second kappa shape index (κ2) is 5.98. The summed E-state index contributed by atoms with van der Waals surface area (Å²) in [5.74, 6) is 0.149. The van der Waals surface area contributed by atoms with Crippen LogP contribution in [0, 0.1) is 23.2 Å². The van der Waals surface area contributed by atoms with Crippen LogP contribution >= 0.6 is 0 Å². The fourth-order valence-corrected chi connectivity index (χ4v) is 5.51. The highest BCUT2D eigenvalue weighted by molar-refractivity contribution is 5.82. The maximum Gasteiger partial charge on any atom is 0.164 e. The first-order valence-corrected chi connectivity index (χ1v) is 8.95. The molecule has 0 aromatic carbocycles. The quantitative estimate of drug-likeness (QED) is 0.808. The molecule has 0 aromatic rings. The van der Waals surface area contributed by atoms with Crippen molar-refractivity contribution in [3.8, 4) is 0 Å². The molecule has 1 saturated carbocycles. The lowest BCUT2D eigenvalue weighted by Gasteiger charge is -2.54. The van der Waals surface area contributed by atoms with E-state index in [1.54, 1.807) is 6.08 Å². The highest BCUT2D eigenvalue weighted by Crippen LogP contribution is 2.64. The summed E-state index contributed by atoms with van der Waals surface area (Å²) in [5, 5.41) is 10.6. The summed E-state index contributed by atoms with van der Waals surface area (Å²) in [4.78, 5) is 13.0. The van der Waals surface area contributed by atoms with Gasteiger partial charge >= 0.3 is 0 Å². The highest BCUT2D eigenvalue weighted by atomic mass is 16.7. The maximum absolute atomic E-state index is 13.0. The number of hydrogen-bond donors (Lipinski definition) is 1. The van der Waals surface area contributed by atoms with Crippen LogP contribution < -0.4 is 0 Å². The van der Waals surface area contributed by atoms with E-state index in [-0.39, 0.29) is 40.8 Å². The molecule has 0 aromatic heterocycles. The minimum atomic E-state index is -0.452. The van der Waals surface area contributed by atoms with Crippen LogP contribution in [0.3, 0.4) is 0 Å². The molecule has 1 spiro atoms. The molecule has 0 amide bonds. The largest absolute Gasteiger partial charge is 0.393 e. The first-order valence-electron chi connectivity index (χ1n) is 8.95. The number of hydrogen-bond acceptors (Lipinski definition) is 4. The van der Waals surface area contributed by atoms with Gasteiger partial charge in [0.15, 0.2) is 6.29 Å². The number of carbonyl (C=O) groups is 1. The summed E-state index contributed by atoms with van der Waals surface area (Å²) in [7, 11) is 0. The zero-order valence-electron chi connectivity index (χ0n) is 14.6. The molecule has 2 saturated heterocycles. The maximum atomic E-state index is 13.0. The van der Waals surface area contributed by atoms with E-state index in [9.17, 15) is 9.90 Å². The number of aliphatic hydroxyl groups excluding tert-OH is 1. The molecule has 3 rings (SSSR count). The fraction of sp³-hybridized carbons (Fsp3) is 0.842. The van der Waals surface area contributed by atoms with E-state index in [4.69, 9.17) is 9.47 Å². The molecule has 6 atom stereocenters. The first kappa shape index (κ1) is 17.1. The molecule has 4 nitrogen and oxygen atoms in total. The van der Waals surface area contributed by atoms with Crippen molar-refractivity contribution in [2.45, 2.75) is 70.9 Å². The number of ether oxygens (including phenoxy) is 2. The average molecular weight is 322 g/mol. The lowest BCUT2D eigenvalue weighted by atomic mass is 9.50. The summed E-state index contributed by atoms with van der Waals surface area (Å²) in [6, 6.07) is 0. The van der Waals surface area contributed by atoms with Crippen LogP contribution in [0.2, 0.25) is 0 Å². The van der Waals surface area contributed by atoms with Gasteiger partial charge in [-0.2, -0.15) is 0 Å². The van der Waals surface area contributed by atoms with Gasteiger partial charge < -0.3 is 14.6 Å². The van der Waals surface area contributed by atoms with Gasteiger partial charge in [-0.25, -0.2) is 0 Å². The van der Waals surface area contributed by atoms with Gasteiger partial charge in [0.1, 0.15) is 5.78 Å². The summed E-state index contributed by atoms with van der Waals surface area (Å²) >= 11 is 0. The Bertz CT molecular complexity index is 486. The number of allylic oxidation sites excluding steroid dienone is 1. The van der Waals surface area contributed by atoms with Gasteiger partial charge in [-0.1, -0.05) is 13.0 Å². The Kier molecular flexibility index (Phi) is 4.45. The number of ketones is 1. The summed E-state index contributed by atoms with van der Waals surface area (Å²) in [5.41, 5.74) is -0.647. The third-order valence-corrected chi connectivity index (χ3v) is 6.49. The van der Waals surface area contributed by atoms with Crippen molar-refractivity contribution in [2.75, 3.05) is 6.61 Å². The lowest BCUT2D eigenvalue weighted by molar-refractivity contribution is -0.231. The molecule has 23 heavy (non-hydrogen) atoms. The lowest BCUT2D eigenvalue weighted by Crippen LogP contribution is -2.58. The van der Waals surface area contributed by atoms with Crippen molar-refractivity contribution < 1.29 is 19.4 Å². The Morgan fingerprint density at radius 3 is 2.87 bits per heavy atom. The molecule has 2 aliphatic heterocycles. The van der Waals surface area contributed by atoms with Crippen LogP contribution in [0.5, 0.6) is 0 Å². The number of aliphatic hydroxyl groups is 1. The molecule has 1 aliphatic carbocycles. The van der Waals surface area contributed by atoms with Crippen molar-refractivity contribution in [1.29, 1.82) is 0 Å². The molecule has 0 radical (unpaired) electrons. The summed E-state index contributed by atoms with van der Waals surface area (Å²) in [6.07, 6.45) is 4.81. The van der Waals surface area contributed by atoms with Gasteiger partial charge in [0, 0.05) is 30.3 Å². The third-order valence-electron chi connectivity index (χ3n) is 6.49. The SMILES string of the molecule is C=CCCC(=O)[C@H]1[C@@H](C)[C@@H](O)C[C@H]2C(C)(C)O[C@@H]3OCCC[C@]312. The first-order chi connectivity index (χ1) is 10.8. The molecule has 4 heteroatoms. The minimum absolute atomic E-state index is 0.0507. The van der Waals surface area contributed by atoms with E-state index in [0.29, 0.717) is 25.9 Å². The van der Waals surface area contributed by atoms with Crippen LogP contribution in [0.4, 0.5) is 0 Å². The van der Waals surface area contributed by atoms with Gasteiger partial charge in [-0.15, -0.1) is 6.58 Å². The van der Waals surface area contributed by atoms with Crippen LogP contribution in [0.1, 0.15) is 52.9 Å². The molecule has 1 N–H and O–H groups in total. The normalized spacial score (nSPS) is 45.1. The van der Waals surface area contributed by atoms with Crippen molar-refractivity contribution in [1.82, 2.24) is 0 Å². The molecule has 2 heterocycles. The van der Waals surface area contributed by atoms with Crippen LogP contribution in [0.25, 0.3) is 0 Å². The zero-order chi connectivity index (χ0) is 16.8. The number of Topliss-reactive ketones (excluding diaryl/α,β-unsaturated/α-hetero) is 1. The van der Waals surface area contributed by atoms with E-state index in [0.717, 1.165) is 12.8 Å². The molecule has 3 aliphatic rings. The monoisotopic (exact) mass is 322 g/mol. The predicted molar refractivity (Wildman–Crippen MR) is 87.8 cm³/mol. The fourth-order valence-electron chi connectivity index (χ4n) is 5.51. The minimum Gasteiger partial charge on any atom is -0.393 e. The Morgan fingerprint density at radius 2 is 2.17 bits per heavy atom. The molecular formula is C19H30O4. The van der Waals surface area contributed by atoms with Gasteiger partial charge in [0.2, 0.25) is 0 Å². The smallest absolute Gasteiger partial charge is 0.164 e.